The van der Waals surface area contributed by atoms with Gasteiger partial charge in [0.15, 0.2) is 0 Å². The minimum absolute atomic E-state index is 0.251. The third-order valence-corrected chi connectivity index (χ3v) is 3.64. The van der Waals surface area contributed by atoms with Gasteiger partial charge < -0.3 is 0 Å². The van der Waals surface area contributed by atoms with Crippen LogP contribution in [0.3, 0.4) is 0 Å². The van der Waals surface area contributed by atoms with E-state index in [-0.39, 0.29) is 11.8 Å². The van der Waals surface area contributed by atoms with E-state index in [4.69, 9.17) is 0 Å². The van der Waals surface area contributed by atoms with E-state index < -0.39 is 5.92 Å². The fourth-order valence-corrected chi connectivity index (χ4v) is 2.71. The number of piperidine rings is 1. The second kappa shape index (κ2) is 4.56. The molecule has 0 bridgehead atoms. The predicted molar refractivity (Wildman–Crippen MR) is 71.2 cm³/mol. The minimum Gasteiger partial charge on any atom is -0.298 e. The fraction of sp³-hybridized carbons (Fsp3) is 0.286. The number of carbonyl (C=O) groups is 3. The normalized spacial score (nSPS) is 19.1. The number of hydrogen-bond donors (Lipinski definition) is 1. The second-order valence-electron chi connectivity index (χ2n) is 4.94. The molecule has 0 radical (unpaired) electrons. The lowest BCUT2D eigenvalue weighted by atomic mass is 9.88. The van der Waals surface area contributed by atoms with Gasteiger partial charge in [-0.05, 0) is 24.1 Å². The van der Waals surface area contributed by atoms with Crippen LogP contribution in [0.15, 0.2) is 18.3 Å². The number of fused-ring (bicyclic) bond motifs is 1. The van der Waals surface area contributed by atoms with Gasteiger partial charge >= 0.3 is 0 Å². The topological polar surface area (TPSA) is 81.1 Å². The Morgan fingerprint density at radius 2 is 2.20 bits per heavy atom. The summed E-state index contributed by atoms with van der Waals surface area (Å²) < 4.78 is 1.68. The number of aldehydes is 1. The molecule has 1 saturated heterocycles. The number of aryl methyl sites for hydroxylation is 1. The first kappa shape index (κ1) is 12.5. The van der Waals surface area contributed by atoms with Crippen molar-refractivity contribution in [3.05, 3.63) is 29.5 Å². The van der Waals surface area contributed by atoms with Gasteiger partial charge in [0.05, 0.1) is 17.6 Å². The van der Waals surface area contributed by atoms with E-state index in [9.17, 15) is 14.4 Å². The van der Waals surface area contributed by atoms with Crippen LogP contribution in [0.4, 0.5) is 0 Å². The molecule has 20 heavy (non-hydrogen) atoms. The van der Waals surface area contributed by atoms with Crippen LogP contribution in [0.2, 0.25) is 0 Å². The lowest BCUT2D eigenvalue weighted by Crippen LogP contribution is -2.39. The number of amides is 2. The Hall–Kier alpha value is -2.50. The number of imide groups is 1. The molecule has 1 fully saturated rings. The van der Waals surface area contributed by atoms with E-state index >= 15 is 0 Å². The summed E-state index contributed by atoms with van der Waals surface area (Å²) in [4.78, 5) is 34.3. The summed E-state index contributed by atoms with van der Waals surface area (Å²) in [6.07, 6.45) is 3.17. The van der Waals surface area contributed by atoms with Crippen molar-refractivity contribution in [1.29, 1.82) is 0 Å². The first-order valence-electron chi connectivity index (χ1n) is 6.34. The van der Waals surface area contributed by atoms with Gasteiger partial charge in [0, 0.05) is 24.4 Å². The van der Waals surface area contributed by atoms with Gasteiger partial charge in [-0.1, -0.05) is 0 Å². The summed E-state index contributed by atoms with van der Waals surface area (Å²) in [5.74, 6) is -0.989. The lowest BCUT2D eigenvalue weighted by molar-refractivity contribution is -0.134. The van der Waals surface area contributed by atoms with Crippen molar-refractivity contribution >= 4 is 29.0 Å². The molecule has 6 heteroatoms. The third kappa shape index (κ3) is 1.89. The van der Waals surface area contributed by atoms with Crippen molar-refractivity contribution in [2.24, 2.45) is 7.05 Å². The maximum atomic E-state index is 12.0. The average molecular weight is 271 g/mol. The summed E-state index contributed by atoms with van der Waals surface area (Å²) in [7, 11) is 1.79. The highest BCUT2D eigenvalue weighted by molar-refractivity contribution is 6.03. The number of rotatable bonds is 2. The predicted octanol–water partition coefficient (Wildman–Crippen LogP) is 0.906. The summed E-state index contributed by atoms with van der Waals surface area (Å²) in [6, 6.07) is 3.45. The van der Waals surface area contributed by atoms with Gasteiger partial charge in [-0.2, -0.15) is 5.10 Å². The van der Waals surface area contributed by atoms with Gasteiger partial charge in [0.2, 0.25) is 11.8 Å². The molecule has 102 valence electrons. The molecule has 0 aliphatic carbocycles. The van der Waals surface area contributed by atoms with Crippen LogP contribution in [0.5, 0.6) is 0 Å². The van der Waals surface area contributed by atoms with Gasteiger partial charge in [-0.3, -0.25) is 24.4 Å². The molecular formula is C14H13N3O3. The lowest BCUT2D eigenvalue weighted by Gasteiger charge is -2.22. The number of benzene rings is 1. The van der Waals surface area contributed by atoms with Crippen LogP contribution in [-0.4, -0.2) is 27.9 Å². The van der Waals surface area contributed by atoms with Crippen LogP contribution >= 0.6 is 0 Å². The molecule has 6 nitrogen and oxygen atoms in total. The van der Waals surface area contributed by atoms with Gasteiger partial charge in [0.25, 0.3) is 0 Å². The Morgan fingerprint density at radius 3 is 2.90 bits per heavy atom. The Kier molecular flexibility index (Phi) is 2.85. The van der Waals surface area contributed by atoms with E-state index in [2.05, 4.69) is 10.4 Å². The molecule has 3 rings (SSSR count). The molecule has 1 aliphatic rings. The zero-order valence-corrected chi connectivity index (χ0v) is 10.9. The minimum atomic E-state index is -0.425. The van der Waals surface area contributed by atoms with Crippen LogP contribution in [0.1, 0.15) is 34.7 Å². The largest absolute Gasteiger partial charge is 0.298 e. The second-order valence-corrected chi connectivity index (χ2v) is 4.94. The third-order valence-electron chi connectivity index (χ3n) is 3.64. The molecule has 1 atom stereocenters. The molecule has 1 aromatic heterocycles. The number of nitrogens with zero attached hydrogens (tertiary/aromatic N) is 2. The van der Waals surface area contributed by atoms with E-state index in [1.54, 1.807) is 30.1 Å². The summed E-state index contributed by atoms with van der Waals surface area (Å²) in [5.41, 5.74) is 2.07. The standard InChI is InChI=1S/C14H13N3O3/c1-17-13-9(6-15-17)4-8(7-18)5-11(13)10-2-3-12(19)16-14(10)20/h4-7,10H,2-3H2,1H3,(H,16,19,20). The smallest absolute Gasteiger partial charge is 0.234 e. The highest BCUT2D eigenvalue weighted by atomic mass is 16.2. The van der Waals surface area contributed by atoms with Gasteiger partial charge in [-0.15, -0.1) is 0 Å². The van der Waals surface area contributed by atoms with Crippen molar-refractivity contribution < 1.29 is 14.4 Å². The monoisotopic (exact) mass is 271 g/mol. The number of carbonyl (C=O) groups excluding carboxylic acids is 3. The Labute approximate surface area is 114 Å². The molecular weight excluding hydrogens is 258 g/mol. The van der Waals surface area contributed by atoms with Crippen molar-refractivity contribution in [2.75, 3.05) is 0 Å². The van der Waals surface area contributed by atoms with Crippen molar-refractivity contribution in [2.45, 2.75) is 18.8 Å². The average Bonchev–Trinajstić information content (AvgIpc) is 2.80. The number of hydrogen-bond acceptors (Lipinski definition) is 4. The molecule has 1 aliphatic heterocycles. The first-order chi connectivity index (χ1) is 9.60. The molecule has 2 heterocycles. The molecule has 1 aromatic carbocycles. The molecule has 2 amide bonds. The zero-order chi connectivity index (χ0) is 14.3. The van der Waals surface area contributed by atoms with Crippen molar-refractivity contribution in [1.82, 2.24) is 15.1 Å². The fourth-order valence-electron chi connectivity index (χ4n) is 2.71. The van der Waals surface area contributed by atoms with Crippen LogP contribution < -0.4 is 5.32 Å². The zero-order valence-electron chi connectivity index (χ0n) is 10.9. The first-order valence-corrected chi connectivity index (χ1v) is 6.34. The van der Waals surface area contributed by atoms with E-state index in [0.717, 1.165) is 22.8 Å². The van der Waals surface area contributed by atoms with Crippen LogP contribution in [0, 0.1) is 0 Å². The number of aromatic nitrogens is 2. The highest BCUT2D eigenvalue weighted by Gasteiger charge is 2.30. The van der Waals surface area contributed by atoms with Gasteiger partial charge in [-0.25, -0.2) is 0 Å². The van der Waals surface area contributed by atoms with Crippen molar-refractivity contribution in [3.8, 4) is 0 Å². The Morgan fingerprint density at radius 1 is 1.40 bits per heavy atom. The molecule has 0 saturated carbocycles. The number of nitrogens with one attached hydrogen (secondary N) is 1. The maximum Gasteiger partial charge on any atom is 0.234 e. The Balaban J connectivity index is 2.18. The molecule has 1 N–H and O–H groups in total. The maximum absolute atomic E-state index is 12.0. The van der Waals surface area contributed by atoms with E-state index in [1.165, 1.54) is 0 Å². The van der Waals surface area contributed by atoms with Gasteiger partial charge in [0.1, 0.15) is 6.29 Å². The molecule has 0 spiro atoms. The van der Waals surface area contributed by atoms with Crippen LogP contribution in [-0.2, 0) is 16.6 Å². The van der Waals surface area contributed by atoms with Crippen LogP contribution in [0.25, 0.3) is 10.9 Å². The van der Waals surface area contributed by atoms with E-state index in [0.29, 0.717) is 18.4 Å². The summed E-state index contributed by atoms with van der Waals surface area (Å²) >= 11 is 0. The molecule has 2 aromatic rings. The Bertz CT molecular complexity index is 733. The van der Waals surface area contributed by atoms with E-state index in [1.807, 2.05) is 0 Å². The SMILES string of the molecule is Cn1ncc2cc(C=O)cc(C3CCC(=O)NC3=O)c21. The summed E-state index contributed by atoms with van der Waals surface area (Å²) in [5, 5.41) is 7.33. The highest BCUT2D eigenvalue weighted by Crippen LogP contribution is 2.31. The van der Waals surface area contributed by atoms with Crippen molar-refractivity contribution in [3.63, 3.8) is 0 Å². The molecule has 1 unspecified atom stereocenters. The quantitative estimate of drug-likeness (QED) is 0.650. The summed E-state index contributed by atoms with van der Waals surface area (Å²) in [6.45, 7) is 0.